The molecular formula is C16H30N4O. The van der Waals surface area contributed by atoms with Crippen LogP contribution in [0, 0.1) is 13.8 Å². The molecule has 1 aliphatic rings. The molecular weight excluding hydrogens is 264 g/mol. The van der Waals surface area contributed by atoms with Crippen molar-refractivity contribution in [3.8, 4) is 0 Å². The van der Waals surface area contributed by atoms with E-state index in [9.17, 15) is 0 Å². The number of methoxy groups -OCH3 is 1. The predicted octanol–water partition coefficient (Wildman–Crippen LogP) is 1.80. The van der Waals surface area contributed by atoms with Gasteiger partial charge in [0, 0.05) is 50.6 Å². The molecule has 120 valence electrons. The Balaban J connectivity index is 2.13. The largest absolute Gasteiger partial charge is 0.383 e. The van der Waals surface area contributed by atoms with Crippen LogP contribution in [0.1, 0.15) is 42.8 Å². The second-order valence-electron chi connectivity index (χ2n) is 6.17. The van der Waals surface area contributed by atoms with Crippen molar-refractivity contribution in [3.05, 3.63) is 17.0 Å². The number of rotatable bonds is 7. The molecule has 1 N–H and O–H groups in total. The van der Waals surface area contributed by atoms with E-state index >= 15 is 0 Å². The molecule has 0 spiro atoms. The maximum Gasteiger partial charge on any atom is 0.0644 e. The van der Waals surface area contributed by atoms with E-state index in [-0.39, 0.29) is 0 Å². The van der Waals surface area contributed by atoms with Crippen LogP contribution in [0.3, 0.4) is 0 Å². The summed E-state index contributed by atoms with van der Waals surface area (Å²) in [6, 6.07) is 0.984. The molecule has 0 radical (unpaired) electrons. The van der Waals surface area contributed by atoms with Crippen LogP contribution in [0.15, 0.2) is 0 Å². The fraction of sp³-hybridized carbons (Fsp3) is 0.812. The topological polar surface area (TPSA) is 42.3 Å². The second-order valence-corrected chi connectivity index (χ2v) is 6.17. The number of nitrogens with one attached hydrogen (secondary N) is 1. The minimum absolute atomic E-state index is 0.372. The molecule has 0 aliphatic carbocycles. The maximum atomic E-state index is 5.31. The summed E-state index contributed by atoms with van der Waals surface area (Å²) in [6.07, 6.45) is 2.57. The average Bonchev–Trinajstić information content (AvgIpc) is 3.03. The van der Waals surface area contributed by atoms with E-state index in [4.69, 9.17) is 4.74 Å². The van der Waals surface area contributed by atoms with Gasteiger partial charge >= 0.3 is 0 Å². The van der Waals surface area contributed by atoms with Crippen LogP contribution < -0.4 is 5.32 Å². The first kappa shape index (κ1) is 16.5. The highest BCUT2D eigenvalue weighted by atomic mass is 16.5. The zero-order valence-electron chi connectivity index (χ0n) is 14.1. The molecule has 1 aromatic heterocycles. The summed E-state index contributed by atoms with van der Waals surface area (Å²) >= 11 is 0. The van der Waals surface area contributed by atoms with Crippen molar-refractivity contribution in [2.45, 2.75) is 45.7 Å². The fourth-order valence-corrected chi connectivity index (χ4v) is 3.42. The Morgan fingerprint density at radius 3 is 2.76 bits per heavy atom. The Morgan fingerprint density at radius 2 is 2.24 bits per heavy atom. The molecule has 2 rings (SSSR count). The zero-order chi connectivity index (χ0) is 15.4. The van der Waals surface area contributed by atoms with E-state index in [0.29, 0.717) is 12.1 Å². The average molecular weight is 294 g/mol. The van der Waals surface area contributed by atoms with Crippen LogP contribution >= 0.6 is 0 Å². The molecule has 1 aliphatic heterocycles. The van der Waals surface area contributed by atoms with Gasteiger partial charge in [-0.2, -0.15) is 5.10 Å². The third-order valence-corrected chi connectivity index (χ3v) is 4.73. The molecule has 2 heterocycles. The molecule has 21 heavy (non-hydrogen) atoms. The molecule has 2 unspecified atom stereocenters. The van der Waals surface area contributed by atoms with Gasteiger partial charge in [0.2, 0.25) is 0 Å². The number of aromatic nitrogens is 2. The van der Waals surface area contributed by atoms with Gasteiger partial charge in [-0.3, -0.25) is 9.58 Å². The summed E-state index contributed by atoms with van der Waals surface area (Å²) in [5.74, 6) is 0. The molecule has 5 heteroatoms. The number of ether oxygens (including phenoxy) is 1. The number of aryl methyl sites for hydroxylation is 2. The van der Waals surface area contributed by atoms with Crippen molar-refractivity contribution < 1.29 is 4.74 Å². The second kappa shape index (κ2) is 7.38. The summed E-state index contributed by atoms with van der Waals surface area (Å²) in [4.78, 5) is 2.53. The monoisotopic (exact) mass is 294 g/mol. The van der Waals surface area contributed by atoms with Crippen LogP contribution in [0.4, 0.5) is 0 Å². The first-order valence-corrected chi connectivity index (χ1v) is 8.01. The summed E-state index contributed by atoms with van der Waals surface area (Å²) in [6.45, 7) is 10.5. The maximum absolute atomic E-state index is 5.31. The Morgan fingerprint density at radius 1 is 1.48 bits per heavy atom. The molecule has 5 nitrogen and oxygen atoms in total. The first-order valence-electron chi connectivity index (χ1n) is 8.01. The van der Waals surface area contributed by atoms with Crippen LogP contribution in [0.2, 0.25) is 0 Å². The van der Waals surface area contributed by atoms with Gasteiger partial charge in [-0.25, -0.2) is 0 Å². The van der Waals surface area contributed by atoms with E-state index in [2.05, 4.69) is 36.1 Å². The quantitative estimate of drug-likeness (QED) is 0.833. The van der Waals surface area contributed by atoms with Crippen molar-refractivity contribution in [2.75, 3.05) is 33.4 Å². The van der Waals surface area contributed by atoms with Gasteiger partial charge in [-0.1, -0.05) is 0 Å². The van der Waals surface area contributed by atoms with Gasteiger partial charge in [0.05, 0.1) is 12.3 Å². The van der Waals surface area contributed by atoms with Gasteiger partial charge in [0.25, 0.3) is 0 Å². The molecule has 0 amide bonds. The minimum Gasteiger partial charge on any atom is -0.383 e. The van der Waals surface area contributed by atoms with E-state index < -0.39 is 0 Å². The van der Waals surface area contributed by atoms with Crippen LogP contribution in [-0.2, 0) is 11.8 Å². The molecule has 2 atom stereocenters. The van der Waals surface area contributed by atoms with E-state index in [0.717, 1.165) is 31.9 Å². The molecule has 1 saturated heterocycles. The third kappa shape index (κ3) is 3.84. The minimum atomic E-state index is 0.372. The summed E-state index contributed by atoms with van der Waals surface area (Å²) in [5.41, 5.74) is 3.78. The Kier molecular flexibility index (Phi) is 5.79. The van der Waals surface area contributed by atoms with Crippen molar-refractivity contribution in [1.29, 1.82) is 0 Å². The Labute approximate surface area is 128 Å². The van der Waals surface area contributed by atoms with Gasteiger partial charge in [-0.15, -0.1) is 0 Å². The smallest absolute Gasteiger partial charge is 0.0644 e. The van der Waals surface area contributed by atoms with E-state index in [1.165, 1.54) is 24.1 Å². The highest BCUT2D eigenvalue weighted by Crippen LogP contribution is 2.26. The van der Waals surface area contributed by atoms with Gasteiger partial charge < -0.3 is 10.1 Å². The molecule has 0 saturated carbocycles. The molecule has 1 fully saturated rings. The zero-order valence-corrected chi connectivity index (χ0v) is 14.1. The highest BCUT2D eigenvalue weighted by molar-refractivity contribution is 5.27. The lowest BCUT2D eigenvalue weighted by atomic mass is 10.0. The Bertz CT molecular complexity index is 451. The van der Waals surface area contributed by atoms with Crippen LogP contribution in [0.25, 0.3) is 0 Å². The van der Waals surface area contributed by atoms with Gasteiger partial charge in [-0.05, 0) is 40.2 Å². The number of nitrogens with zero attached hydrogens (tertiary/aromatic N) is 3. The normalized spacial score (nSPS) is 20.4. The fourth-order valence-electron chi connectivity index (χ4n) is 3.42. The molecule has 0 aromatic carbocycles. The van der Waals surface area contributed by atoms with Crippen molar-refractivity contribution >= 4 is 0 Å². The summed E-state index contributed by atoms with van der Waals surface area (Å²) in [7, 11) is 3.80. The van der Waals surface area contributed by atoms with Crippen molar-refractivity contribution in [2.24, 2.45) is 7.05 Å². The van der Waals surface area contributed by atoms with Crippen molar-refractivity contribution in [1.82, 2.24) is 20.0 Å². The van der Waals surface area contributed by atoms with Gasteiger partial charge in [0.1, 0.15) is 0 Å². The van der Waals surface area contributed by atoms with Crippen LogP contribution in [-0.4, -0.2) is 54.1 Å². The molecule has 0 bridgehead atoms. The third-order valence-electron chi connectivity index (χ3n) is 4.73. The Hall–Kier alpha value is -0.910. The lowest BCUT2D eigenvalue weighted by molar-refractivity contribution is 0.117. The number of hydrogen-bond acceptors (Lipinski definition) is 4. The van der Waals surface area contributed by atoms with E-state index in [1.807, 2.05) is 11.7 Å². The first-order chi connectivity index (χ1) is 10.0. The highest BCUT2D eigenvalue weighted by Gasteiger charge is 2.25. The summed E-state index contributed by atoms with van der Waals surface area (Å²) < 4.78 is 7.30. The predicted molar refractivity (Wildman–Crippen MR) is 85.6 cm³/mol. The number of hydrogen-bond donors (Lipinski definition) is 1. The molecule has 1 aromatic rings. The van der Waals surface area contributed by atoms with E-state index in [1.54, 1.807) is 7.11 Å². The lowest BCUT2D eigenvalue weighted by Gasteiger charge is -2.31. The van der Waals surface area contributed by atoms with Crippen LogP contribution in [0.5, 0.6) is 0 Å². The summed E-state index contributed by atoms with van der Waals surface area (Å²) in [5, 5.41) is 8.17. The van der Waals surface area contributed by atoms with Gasteiger partial charge in [0.15, 0.2) is 0 Å². The lowest BCUT2D eigenvalue weighted by Crippen LogP contribution is -2.40. The van der Waals surface area contributed by atoms with Crippen molar-refractivity contribution in [3.63, 3.8) is 0 Å². The SMILES string of the molecule is COCCN(CC1CCCN1)C(C)c1c(C)nn(C)c1C. The standard InChI is InChI=1S/C16H30N4O/c1-12-16(13(2)19(4)18-12)14(3)20(9-10-21-5)11-15-7-6-8-17-15/h14-15,17H,6-11H2,1-5H3.